The third-order valence-corrected chi connectivity index (χ3v) is 1.83. The lowest BCUT2D eigenvalue weighted by Gasteiger charge is -2.13. The van der Waals surface area contributed by atoms with Crippen molar-refractivity contribution < 1.29 is 0 Å². The predicted molar refractivity (Wildman–Crippen MR) is 57.7 cm³/mol. The van der Waals surface area contributed by atoms with Gasteiger partial charge in [-0.1, -0.05) is 0 Å². The second-order valence-corrected chi connectivity index (χ2v) is 2.58. The van der Waals surface area contributed by atoms with E-state index in [1.807, 2.05) is 0 Å². The summed E-state index contributed by atoms with van der Waals surface area (Å²) in [6.07, 6.45) is 0. The molecule has 0 bridgehead atoms. The van der Waals surface area contributed by atoms with Crippen LogP contribution in [0, 0.1) is 0 Å². The van der Waals surface area contributed by atoms with Gasteiger partial charge in [-0.3, -0.25) is 4.99 Å². The lowest BCUT2D eigenvalue weighted by Crippen LogP contribution is -2.07. The predicted octanol–water partition coefficient (Wildman–Crippen LogP) is -0.0703. The highest BCUT2D eigenvalue weighted by Gasteiger charge is 2.14. The van der Waals surface area contributed by atoms with E-state index in [1.165, 1.54) is 0 Å². The molecule has 10 N–H and O–H groups in total. The van der Waals surface area contributed by atoms with E-state index in [9.17, 15) is 0 Å². The third-order valence-electron chi connectivity index (χ3n) is 1.83. The summed E-state index contributed by atoms with van der Waals surface area (Å²) in [4.78, 5) is 3.62. The number of hydrogen-bond donors (Lipinski definition) is 5. The second-order valence-electron chi connectivity index (χ2n) is 2.58. The number of rotatable bonds is 1. The van der Waals surface area contributed by atoms with Crippen LogP contribution in [0.3, 0.4) is 0 Å². The molecular formula is C7H12N6. The standard InChI is InChI=1S/C7H12N6/c1-13-7-5(11)3(9)2(8)4(10)6(7)12/h1,8-12H2. The largest absolute Gasteiger partial charge is 0.395 e. The van der Waals surface area contributed by atoms with E-state index in [1.54, 1.807) is 0 Å². The van der Waals surface area contributed by atoms with Crippen molar-refractivity contribution in [2.24, 2.45) is 4.99 Å². The molecule has 0 atom stereocenters. The molecule has 70 valence electrons. The molecule has 0 spiro atoms. The van der Waals surface area contributed by atoms with Crippen LogP contribution in [0.4, 0.5) is 34.1 Å². The average molecular weight is 180 g/mol. The zero-order valence-corrected chi connectivity index (χ0v) is 7.04. The quantitative estimate of drug-likeness (QED) is 0.303. The van der Waals surface area contributed by atoms with Gasteiger partial charge in [-0.25, -0.2) is 0 Å². The molecule has 0 aliphatic rings. The monoisotopic (exact) mass is 180 g/mol. The molecular weight excluding hydrogens is 168 g/mol. The van der Waals surface area contributed by atoms with Crippen molar-refractivity contribution in [3.8, 4) is 0 Å². The van der Waals surface area contributed by atoms with Gasteiger partial charge in [0.15, 0.2) is 0 Å². The van der Waals surface area contributed by atoms with Crippen LogP contribution in [0.2, 0.25) is 0 Å². The van der Waals surface area contributed by atoms with Crippen LogP contribution in [-0.2, 0) is 0 Å². The first-order valence-electron chi connectivity index (χ1n) is 3.48. The minimum absolute atomic E-state index is 0.183. The Morgan fingerprint density at radius 3 is 1.31 bits per heavy atom. The number of nitrogens with two attached hydrogens (primary N) is 5. The number of anilines is 5. The smallest absolute Gasteiger partial charge is 0.112 e. The summed E-state index contributed by atoms with van der Waals surface area (Å²) in [5, 5.41) is 0. The molecule has 0 heterocycles. The molecule has 0 saturated carbocycles. The fourth-order valence-electron chi connectivity index (χ4n) is 1.01. The van der Waals surface area contributed by atoms with E-state index in [4.69, 9.17) is 28.7 Å². The van der Waals surface area contributed by atoms with Gasteiger partial charge >= 0.3 is 0 Å². The number of hydrogen-bond acceptors (Lipinski definition) is 6. The summed E-state index contributed by atoms with van der Waals surface area (Å²) >= 11 is 0. The van der Waals surface area contributed by atoms with Crippen LogP contribution >= 0.6 is 0 Å². The van der Waals surface area contributed by atoms with Gasteiger partial charge in [-0.05, 0) is 6.72 Å². The zero-order valence-electron chi connectivity index (χ0n) is 7.04. The molecule has 6 heteroatoms. The summed E-state index contributed by atoms with van der Waals surface area (Å²) in [5.41, 5.74) is 29.1. The van der Waals surface area contributed by atoms with E-state index in [0.29, 0.717) is 0 Å². The average Bonchev–Trinajstić information content (AvgIpc) is 2.13. The van der Waals surface area contributed by atoms with Crippen molar-refractivity contribution in [3.63, 3.8) is 0 Å². The highest BCUT2D eigenvalue weighted by molar-refractivity contribution is 6.02. The molecule has 0 amide bonds. The van der Waals surface area contributed by atoms with E-state index >= 15 is 0 Å². The Morgan fingerprint density at radius 1 is 0.692 bits per heavy atom. The van der Waals surface area contributed by atoms with Gasteiger partial charge in [-0.15, -0.1) is 0 Å². The fraction of sp³-hybridized carbons (Fsp3) is 0. The molecule has 0 radical (unpaired) electrons. The first-order chi connectivity index (χ1) is 6.00. The van der Waals surface area contributed by atoms with Crippen molar-refractivity contribution in [2.75, 3.05) is 28.7 Å². The normalized spacial score (nSPS) is 9.85. The Labute approximate surface area is 75.4 Å². The maximum Gasteiger partial charge on any atom is 0.112 e. The SMILES string of the molecule is C=Nc1c(N)c(N)c(N)c(N)c1N. The molecule has 6 nitrogen and oxygen atoms in total. The van der Waals surface area contributed by atoms with Gasteiger partial charge in [0.2, 0.25) is 0 Å². The van der Waals surface area contributed by atoms with Gasteiger partial charge in [0.05, 0.1) is 28.4 Å². The second kappa shape index (κ2) is 2.74. The van der Waals surface area contributed by atoms with Crippen LogP contribution in [0.15, 0.2) is 4.99 Å². The minimum atomic E-state index is 0.183. The van der Waals surface area contributed by atoms with Crippen LogP contribution in [0.25, 0.3) is 0 Å². The van der Waals surface area contributed by atoms with Crippen molar-refractivity contribution in [1.29, 1.82) is 0 Å². The van der Waals surface area contributed by atoms with Crippen molar-refractivity contribution >= 4 is 40.8 Å². The number of nitrogens with zero attached hydrogens (tertiary/aromatic N) is 1. The maximum atomic E-state index is 5.59. The van der Waals surface area contributed by atoms with Crippen LogP contribution in [-0.4, -0.2) is 6.72 Å². The van der Waals surface area contributed by atoms with Crippen LogP contribution < -0.4 is 28.7 Å². The number of benzene rings is 1. The number of aliphatic imine (C=N–C) groups is 1. The first-order valence-corrected chi connectivity index (χ1v) is 3.48. The summed E-state index contributed by atoms with van der Waals surface area (Å²) in [5.74, 6) is 0. The first kappa shape index (κ1) is 8.98. The van der Waals surface area contributed by atoms with Gasteiger partial charge < -0.3 is 28.7 Å². The highest BCUT2D eigenvalue weighted by atomic mass is 14.9. The Hall–Kier alpha value is -2.11. The van der Waals surface area contributed by atoms with Crippen molar-refractivity contribution in [3.05, 3.63) is 0 Å². The molecule has 0 aromatic heterocycles. The Balaban J connectivity index is 3.66. The molecule has 0 fully saturated rings. The topological polar surface area (TPSA) is 142 Å². The minimum Gasteiger partial charge on any atom is -0.395 e. The van der Waals surface area contributed by atoms with Crippen LogP contribution in [0.1, 0.15) is 0 Å². The number of nitrogen functional groups attached to an aromatic ring is 5. The Kier molecular flexibility index (Phi) is 1.89. The van der Waals surface area contributed by atoms with E-state index in [0.717, 1.165) is 0 Å². The highest BCUT2D eigenvalue weighted by Crippen LogP contribution is 2.43. The van der Waals surface area contributed by atoms with Gasteiger partial charge in [0.25, 0.3) is 0 Å². The van der Waals surface area contributed by atoms with Gasteiger partial charge in [0.1, 0.15) is 5.69 Å². The van der Waals surface area contributed by atoms with Crippen molar-refractivity contribution in [1.82, 2.24) is 0 Å². The summed E-state index contributed by atoms with van der Waals surface area (Å²) < 4.78 is 0. The molecule has 0 aliphatic heterocycles. The molecule has 0 unspecified atom stereocenters. The molecule has 13 heavy (non-hydrogen) atoms. The lowest BCUT2D eigenvalue weighted by molar-refractivity contribution is 1.53. The van der Waals surface area contributed by atoms with E-state index in [-0.39, 0.29) is 34.1 Å². The molecule has 0 aliphatic carbocycles. The van der Waals surface area contributed by atoms with Crippen LogP contribution in [0.5, 0.6) is 0 Å². The Bertz CT molecular complexity index is 341. The summed E-state index contributed by atoms with van der Waals surface area (Å²) in [6, 6.07) is 0. The zero-order chi connectivity index (χ0) is 10.2. The summed E-state index contributed by atoms with van der Waals surface area (Å²) in [6.45, 7) is 3.30. The molecule has 1 rings (SSSR count). The van der Waals surface area contributed by atoms with E-state index < -0.39 is 0 Å². The van der Waals surface area contributed by atoms with Gasteiger partial charge in [-0.2, -0.15) is 0 Å². The van der Waals surface area contributed by atoms with E-state index in [2.05, 4.69) is 11.7 Å². The van der Waals surface area contributed by atoms with Crippen molar-refractivity contribution in [2.45, 2.75) is 0 Å². The Morgan fingerprint density at radius 2 is 1.00 bits per heavy atom. The summed E-state index contributed by atoms with van der Waals surface area (Å²) in [7, 11) is 0. The lowest BCUT2D eigenvalue weighted by atomic mass is 10.1. The molecule has 1 aromatic rings. The maximum absolute atomic E-state index is 5.59. The van der Waals surface area contributed by atoms with Gasteiger partial charge in [0, 0.05) is 0 Å². The fourth-order valence-corrected chi connectivity index (χ4v) is 1.01. The molecule has 0 saturated heterocycles. The third kappa shape index (κ3) is 1.08. The molecule has 1 aromatic carbocycles.